The van der Waals surface area contributed by atoms with E-state index in [2.05, 4.69) is 32.2 Å². The number of pyridine rings is 1. The summed E-state index contributed by atoms with van der Waals surface area (Å²) in [5, 5.41) is 6.97. The molecule has 6 heteroatoms. The zero-order chi connectivity index (χ0) is 16.8. The van der Waals surface area contributed by atoms with Crippen molar-refractivity contribution in [2.75, 3.05) is 17.2 Å². The first kappa shape index (κ1) is 16.0. The quantitative estimate of drug-likeness (QED) is 0.647. The van der Waals surface area contributed by atoms with Gasteiger partial charge in [0.05, 0.1) is 5.69 Å². The van der Waals surface area contributed by atoms with Crippen LogP contribution in [-0.2, 0) is 0 Å². The monoisotopic (exact) mass is 337 g/mol. The summed E-state index contributed by atoms with van der Waals surface area (Å²) < 4.78 is 0. The Kier molecular flexibility index (Phi) is 5.03. The molecule has 2 N–H and O–H groups in total. The molecule has 0 amide bonds. The van der Waals surface area contributed by atoms with Gasteiger partial charge in [-0.1, -0.05) is 23.7 Å². The molecular weight excluding hydrogens is 322 g/mol. The van der Waals surface area contributed by atoms with Crippen LogP contribution in [0.4, 0.5) is 17.5 Å². The topological polar surface area (TPSA) is 62.7 Å². The van der Waals surface area contributed by atoms with Gasteiger partial charge in [-0.05, 0) is 36.4 Å². The van der Waals surface area contributed by atoms with E-state index in [1.807, 2.05) is 42.5 Å². The number of benzene rings is 1. The fourth-order valence-corrected chi connectivity index (χ4v) is 2.33. The molecule has 120 valence electrons. The van der Waals surface area contributed by atoms with E-state index >= 15 is 0 Å². The predicted molar refractivity (Wildman–Crippen MR) is 98.7 cm³/mol. The minimum absolute atomic E-state index is 0.507. The highest BCUT2D eigenvalue weighted by Crippen LogP contribution is 2.22. The smallest absolute Gasteiger partial charge is 0.227 e. The number of hydrogen-bond donors (Lipinski definition) is 2. The maximum atomic E-state index is 6.00. The SMILES string of the molecule is C=CCNc1cc(-c2ccnc(Nc3cccc(Cl)c3)n2)ccn1. The van der Waals surface area contributed by atoms with Gasteiger partial charge in [-0.15, -0.1) is 6.58 Å². The lowest BCUT2D eigenvalue weighted by Gasteiger charge is -2.08. The minimum atomic E-state index is 0.507. The Morgan fingerprint density at radius 2 is 1.96 bits per heavy atom. The van der Waals surface area contributed by atoms with Crippen molar-refractivity contribution in [2.24, 2.45) is 0 Å². The second-order valence-corrected chi connectivity index (χ2v) is 5.44. The lowest BCUT2D eigenvalue weighted by Crippen LogP contribution is -2.01. The maximum absolute atomic E-state index is 6.00. The van der Waals surface area contributed by atoms with Gasteiger partial charge in [-0.3, -0.25) is 0 Å². The number of halogens is 1. The van der Waals surface area contributed by atoms with Gasteiger partial charge in [0.25, 0.3) is 0 Å². The van der Waals surface area contributed by atoms with E-state index in [9.17, 15) is 0 Å². The van der Waals surface area contributed by atoms with E-state index in [1.165, 1.54) is 0 Å². The average molecular weight is 338 g/mol. The molecule has 0 aliphatic heterocycles. The van der Waals surface area contributed by atoms with E-state index in [0.717, 1.165) is 22.8 Å². The minimum Gasteiger partial charge on any atom is -0.367 e. The number of nitrogens with one attached hydrogen (secondary N) is 2. The molecule has 0 aliphatic carbocycles. The van der Waals surface area contributed by atoms with Crippen molar-refractivity contribution in [1.29, 1.82) is 0 Å². The van der Waals surface area contributed by atoms with Crippen molar-refractivity contribution in [3.63, 3.8) is 0 Å². The maximum Gasteiger partial charge on any atom is 0.227 e. The average Bonchev–Trinajstić information content (AvgIpc) is 2.60. The van der Waals surface area contributed by atoms with Gasteiger partial charge < -0.3 is 10.6 Å². The van der Waals surface area contributed by atoms with Crippen LogP contribution in [0.15, 0.2) is 67.5 Å². The molecule has 0 bridgehead atoms. The third kappa shape index (κ3) is 4.08. The van der Waals surface area contributed by atoms with E-state index in [0.29, 0.717) is 17.5 Å². The molecule has 5 nitrogen and oxygen atoms in total. The first-order chi connectivity index (χ1) is 11.7. The first-order valence-corrected chi connectivity index (χ1v) is 7.79. The zero-order valence-corrected chi connectivity index (χ0v) is 13.7. The molecule has 0 spiro atoms. The molecule has 0 saturated carbocycles. The van der Waals surface area contributed by atoms with Gasteiger partial charge in [0.2, 0.25) is 5.95 Å². The molecule has 1 aromatic carbocycles. The Morgan fingerprint density at radius 3 is 2.79 bits per heavy atom. The number of nitrogens with zero attached hydrogens (tertiary/aromatic N) is 3. The largest absolute Gasteiger partial charge is 0.367 e. The molecule has 0 atom stereocenters. The molecule has 0 unspecified atom stereocenters. The summed E-state index contributed by atoms with van der Waals surface area (Å²) in [5.41, 5.74) is 2.59. The summed E-state index contributed by atoms with van der Waals surface area (Å²) >= 11 is 6.00. The number of anilines is 3. The summed E-state index contributed by atoms with van der Waals surface area (Å²) in [4.78, 5) is 13.1. The molecule has 2 heterocycles. The van der Waals surface area contributed by atoms with Crippen molar-refractivity contribution in [2.45, 2.75) is 0 Å². The zero-order valence-electron chi connectivity index (χ0n) is 12.9. The fraction of sp³-hybridized carbons (Fsp3) is 0.0556. The van der Waals surface area contributed by atoms with Crippen LogP contribution in [-0.4, -0.2) is 21.5 Å². The molecule has 0 aliphatic rings. The van der Waals surface area contributed by atoms with Crippen LogP contribution < -0.4 is 10.6 Å². The van der Waals surface area contributed by atoms with Gasteiger partial charge in [-0.2, -0.15) is 0 Å². The number of rotatable bonds is 6. The molecule has 0 radical (unpaired) electrons. The Hall–Kier alpha value is -2.92. The lowest BCUT2D eigenvalue weighted by molar-refractivity contribution is 1.16. The summed E-state index contributed by atoms with van der Waals surface area (Å²) in [5.74, 6) is 1.28. The lowest BCUT2D eigenvalue weighted by atomic mass is 10.2. The number of hydrogen-bond acceptors (Lipinski definition) is 5. The third-order valence-electron chi connectivity index (χ3n) is 3.22. The van der Waals surface area contributed by atoms with E-state index < -0.39 is 0 Å². The van der Waals surface area contributed by atoms with Gasteiger partial charge in [-0.25, -0.2) is 15.0 Å². The Balaban J connectivity index is 1.83. The van der Waals surface area contributed by atoms with Crippen molar-refractivity contribution < 1.29 is 0 Å². The van der Waals surface area contributed by atoms with Crippen LogP contribution in [0.5, 0.6) is 0 Å². The molecular formula is C18H16ClN5. The fourth-order valence-electron chi connectivity index (χ4n) is 2.14. The summed E-state index contributed by atoms with van der Waals surface area (Å²) in [6, 6.07) is 13.1. The van der Waals surface area contributed by atoms with Crippen LogP contribution in [0.3, 0.4) is 0 Å². The van der Waals surface area contributed by atoms with Crippen LogP contribution in [0.1, 0.15) is 0 Å². The first-order valence-electron chi connectivity index (χ1n) is 7.41. The summed E-state index contributed by atoms with van der Waals surface area (Å²) in [6.45, 7) is 4.34. The van der Waals surface area contributed by atoms with Crippen LogP contribution >= 0.6 is 11.6 Å². The normalized spacial score (nSPS) is 10.2. The standard InChI is InChI=1S/C18H16ClN5/c1-2-8-20-17-11-13(6-9-21-17)16-7-10-22-18(24-16)23-15-5-3-4-14(19)12-15/h2-7,9-12H,1,8H2,(H,20,21)(H,22,23,24). The molecule has 3 rings (SSSR count). The van der Waals surface area contributed by atoms with Gasteiger partial charge in [0.1, 0.15) is 5.82 Å². The van der Waals surface area contributed by atoms with Gasteiger partial charge >= 0.3 is 0 Å². The third-order valence-corrected chi connectivity index (χ3v) is 3.45. The number of aromatic nitrogens is 3. The van der Waals surface area contributed by atoms with Crippen LogP contribution in [0, 0.1) is 0 Å². The highest BCUT2D eigenvalue weighted by molar-refractivity contribution is 6.30. The van der Waals surface area contributed by atoms with E-state index in [-0.39, 0.29) is 0 Å². The van der Waals surface area contributed by atoms with Crippen molar-refractivity contribution >= 4 is 29.1 Å². The van der Waals surface area contributed by atoms with Gasteiger partial charge in [0, 0.05) is 35.2 Å². The molecule has 0 saturated heterocycles. The Labute approximate surface area is 145 Å². The van der Waals surface area contributed by atoms with Gasteiger partial charge in [0.15, 0.2) is 0 Å². The summed E-state index contributed by atoms with van der Waals surface area (Å²) in [6.07, 6.45) is 5.24. The highest BCUT2D eigenvalue weighted by Gasteiger charge is 2.05. The summed E-state index contributed by atoms with van der Waals surface area (Å²) in [7, 11) is 0. The Morgan fingerprint density at radius 1 is 1.08 bits per heavy atom. The van der Waals surface area contributed by atoms with Crippen LogP contribution in [0.2, 0.25) is 5.02 Å². The second-order valence-electron chi connectivity index (χ2n) is 5.00. The van der Waals surface area contributed by atoms with Crippen molar-refractivity contribution in [3.05, 3.63) is 72.5 Å². The van der Waals surface area contributed by atoms with Crippen molar-refractivity contribution in [3.8, 4) is 11.3 Å². The molecule has 2 aromatic heterocycles. The van der Waals surface area contributed by atoms with Crippen LogP contribution in [0.25, 0.3) is 11.3 Å². The molecule has 3 aromatic rings. The molecule has 24 heavy (non-hydrogen) atoms. The Bertz CT molecular complexity index is 850. The van der Waals surface area contributed by atoms with Crippen molar-refractivity contribution in [1.82, 2.24) is 15.0 Å². The highest BCUT2D eigenvalue weighted by atomic mass is 35.5. The molecule has 0 fully saturated rings. The van der Waals surface area contributed by atoms with E-state index in [1.54, 1.807) is 18.5 Å². The second kappa shape index (κ2) is 7.57. The predicted octanol–water partition coefficient (Wildman–Crippen LogP) is 4.53. The van der Waals surface area contributed by atoms with E-state index in [4.69, 9.17) is 11.6 Å².